The summed E-state index contributed by atoms with van der Waals surface area (Å²) in [5, 5.41) is 14.5. The van der Waals surface area contributed by atoms with E-state index in [0.29, 0.717) is 5.69 Å². The summed E-state index contributed by atoms with van der Waals surface area (Å²) in [5.41, 5.74) is 0.713. The van der Waals surface area contributed by atoms with Crippen LogP contribution >= 0.6 is 0 Å². The molecule has 116 valence electrons. The van der Waals surface area contributed by atoms with Gasteiger partial charge in [-0.2, -0.15) is 0 Å². The molecule has 4 nitrogen and oxygen atoms in total. The zero-order valence-corrected chi connectivity index (χ0v) is 12.5. The predicted molar refractivity (Wildman–Crippen MR) is 87.9 cm³/mol. The van der Waals surface area contributed by atoms with E-state index in [9.17, 15) is 14.7 Å². The van der Waals surface area contributed by atoms with Crippen LogP contribution in [-0.4, -0.2) is 17.0 Å². The number of fused-ring (bicyclic) bond motifs is 3. The third kappa shape index (κ3) is 2.31. The maximum absolute atomic E-state index is 12.6. The Labute approximate surface area is 133 Å². The smallest absolute Gasteiger partial charge is 0.307 e. The summed E-state index contributed by atoms with van der Waals surface area (Å²) >= 11 is 0. The number of allylic oxidation sites excluding steroid dienone is 2. The first-order valence-electron chi connectivity index (χ1n) is 7.84. The molecule has 2 aliphatic carbocycles. The van der Waals surface area contributed by atoms with Gasteiger partial charge in [0.15, 0.2) is 0 Å². The van der Waals surface area contributed by atoms with Crippen LogP contribution in [0.3, 0.4) is 0 Å². The second-order valence-corrected chi connectivity index (χ2v) is 6.39. The van der Waals surface area contributed by atoms with Gasteiger partial charge in [-0.05, 0) is 41.2 Å². The molecule has 2 aromatic rings. The van der Waals surface area contributed by atoms with Crippen molar-refractivity contribution in [1.82, 2.24) is 0 Å². The van der Waals surface area contributed by atoms with Crippen molar-refractivity contribution in [3.8, 4) is 0 Å². The van der Waals surface area contributed by atoms with Gasteiger partial charge in [-0.1, -0.05) is 42.5 Å². The molecule has 0 aliphatic heterocycles. The van der Waals surface area contributed by atoms with Crippen LogP contribution in [0, 0.1) is 23.7 Å². The fraction of sp³-hybridized carbons (Fsp3) is 0.263. The van der Waals surface area contributed by atoms with Gasteiger partial charge in [0.05, 0.1) is 11.8 Å². The second-order valence-electron chi connectivity index (χ2n) is 6.39. The first-order chi connectivity index (χ1) is 11.1. The molecule has 2 aromatic carbocycles. The highest BCUT2D eigenvalue weighted by atomic mass is 16.4. The molecular formula is C19H17NO3. The average Bonchev–Trinajstić information content (AvgIpc) is 3.15. The molecule has 0 unspecified atom stereocenters. The van der Waals surface area contributed by atoms with Crippen molar-refractivity contribution < 1.29 is 14.7 Å². The molecular weight excluding hydrogens is 290 g/mol. The van der Waals surface area contributed by atoms with Crippen LogP contribution < -0.4 is 5.32 Å². The number of nitrogens with one attached hydrogen (secondary N) is 1. The lowest BCUT2D eigenvalue weighted by atomic mass is 9.82. The van der Waals surface area contributed by atoms with Crippen LogP contribution in [0.5, 0.6) is 0 Å². The number of anilines is 1. The van der Waals surface area contributed by atoms with Crippen LogP contribution in [0.2, 0.25) is 0 Å². The van der Waals surface area contributed by atoms with Gasteiger partial charge in [-0.3, -0.25) is 9.59 Å². The summed E-state index contributed by atoms with van der Waals surface area (Å²) in [6, 6.07) is 13.7. The Bertz CT molecular complexity index is 826. The monoisotopic (exact) mass is 307 g/mol. The van der Waals surface area contributed by atoms with E-state index in [-0.39, 0.29) is 17.7 Å². The van der Waals surface area contributed by atoms with E-state index in [4.69, 9.17) is 0 Å². The highest BCUT2D eigenvalue weighted by molar-refractivity contribution is 5.98. The standard InChI is InChI=1S/C19H17NO3/c21-18(16-13-5-6-14(9-13)17(16)19(22)23)20-15-8-7-11-3-1-2-4-12(11)10-15/h1-8,10,13-14,16-17H,9H2,(H,20,21)(H,22,23)/t13-,14+,16+,17+/m1/s1. The number of carboxylic acid groups (broad SMARTS) is 1. The number of carboxylic acids is 1. The number of aliphatic carboxylic acids is 1. The van der Waals surface area contributed by atoms with Gasteiger partial charge in [0.1, 0.15) is 0 Å². The lowest BCUT2D eigenvalue weighted by molar-refractivity contribution is -0.146. The third-order valence-corrected chi connectivity index (χ3v) is 5.06. The van der Waals surface area contributed by atoms with Gasteiger partial charge >= 0.3 is 5.97 Å². The zero-order valence-electron chi connectivity index (χ0n) is 12.5. The van der Waals surface area contributed by atoms with Gasteiger partial charge in [0.2, 0.25) is 5.91 Å². The molecule has 2 bridgehead atoms. The molecule has 2 N–H and O–H groups in total. The molecule has 4 atom stereocenters. The Morgan fingerprint density at radius 1 is 0.957 bits per heavy atom. The molecule has 4 rings (SSSR count). The number of benzene rings is 2. The van der Waals surface area contributed by atoms with Gasteiger partial charge in [0.25, 0.3) is 0 Å². The van der Waals surface area contributed by atoms with Crippen LogP contribution in [0.1, 0.15) is 6.42 Å². The van der Waals surface area contributed by atoms with E-state index in [1.165, 1.54) is 0 Å². The van der Waals surface area contributed by atoms with Crippen molar-refractivity contribution in [2.45, 2.75) is 6.42 Å². The molecule has 23 heavy (non-hydrogen) atoms. The normalized spacial score (nSPS) is 28.2. The van der Waals surface area contributed by atoms with Crippen molar-refractivity contribution in [2.75, 3.05) is 5.32 Å². The van der Waals surface area contributed by atoms with E-state index >= 15 is 0 Å². The van der Waals surface area contributed by atoms with E-state index in [2.05, 4.69) is 5.32 Å². The molecule has 1 fully saturated rings. The first kappa shape index (κ1) is 14.0. The number of rotatable bonds is 3. The summed E-state index contributed by atoms with van der Waals surface area (Å²) in [4.78, 5) is 24.2. The van der Waals surface area contributed by atoms with E-state index in [0.717, 1.165) is 17.2 Å². The fourth-order valence-corrected chi connectivity index (χ4v) is 4.01. The van der Waals surface area contributed by atoms with Crippen molar-refractivity contribution in [3.05, 3.63) is 54.6 Å². The Balaban J connectivity index is 1.59. The van der Waals surface area contributed by atoms with Crippen molar-refractivity contribution in [1.29, 1.82) is 0 Å². The van der Waals surface area contributed by atoms with E-state index in [1.54, 1.807) is 0 Å². The minimum Gasteiger partial charge on any atom is -0.481 e. The van der Waals surface area contributed by atoms with Crippen LogP contribution in [0.25, 0.3) is 10.8 Å². The summed E-state index contributed by atoms with van der Waals surface area (Å²) in [5.74, 6) is -2.11. The fourth-order valence-electron chi connectivity index (χ4n) is 4.01. The molecule has 0 heterocycles. The summed E-state index contributed by atoms with van der Waals surface area (Å²) < 4.78 is 0. The molecule has 4 heteroatoms. The quantitative estimate of drug-likeness (QED) is 0.855. The Morgan fingerprint density at radius 2 is 1.65 bits per heavy atom. The first-order valence-corrected chi connectivity index (χ1v) is 7.84. The number of hydrogen-bond donors (Lipinski definition) is 2. The van der Waals surface area contributed by atoms with Gasteiger partial charge in [0, 0.05) is 5.69 Å². The van der Waals surface area contributed by atoms with Gasteiger partial charge in [-0.25, -0.2) is 0 Å². The molecule has 0 radical (unpaired) electrons. The Kier molecular flexibility index (Phi) is 3.18. The summed E-state index contributed by atoms with van der Waals surface area (Å²) in [7, 11) is 0. The summed E-state index contributed by atoms with van der Waals surface area (Å²) in [6.07, 6.45) is 4.71. The molecule has 1 amide bonds. The van der Waals surface area contributed by atoms with Crippen molar-refractivity contribution in [3.63, 3.8) is 0 Å². The number of amides is 1. The minimum absolute atomic E-state index is 0.00939. The second kappa shape index (κ2) is 5.23. The lowest BCUT2D eigenvalue weighted by Crippen LogP contribution is -2.36. The minimum atomic E-state index is -0.875. The molecule has 0 saturated heterocycles. The third-order valence-electron chi connectivity index (χ3n) is 5.06. The van der Waals surface area contributed by atoms with Crippen LogP contribution in [0.4, 0.5) is 5.69 Å². The van der Waals surface area contributed by atoms with Crippen molar-refractivity contribution >= 4 is 28.3 Å². The zero-order chi connectivity index (χ0) is 16.0. The largest absolute Gasteiger partial charge is 0.481 e. The molecule has 0 aromatic heterocycles. The van der Waals surface area contributed by atoms with Crippen molar-refractivity contribution in [2.24, 2.45) is 23.7 Å². The Morgan fingerprint density at radius 3 is 2.39 bits per heavy atom. The van der Waals surface area contributed by atoms with Crippen LogP contribution in [-0.2, 0) is 9.59 Å². The highest BCUT2D eigenvalue weighted by Gasteiger charge is 2.51. The number of carbonyl (C=O) groups is 2. The predicted octanol–water partition coefficient (Wildman–Crippen LogP) is 3.30. The SMILES string of the molecule is O=C(Nc1ccc2ccccc2c1)[C@@H]1[C@@H](C(=O)O)[C@H]2C=C[C@@H]1C2. The van der Waals surface area contributed by atoms with Gasteiger partial charge < -0.3 is 10.4 Å². The summed E-state index contributed by atoms with van der Waals surface area (Å²) in [6.45, 7) is 0. The maximum atomic E-state index is 12.6. The number of carbonyl (C=O) groups excluding carboxylic acids is 1. The van der Waals surface area contributed by atoms with E-state index in [1.807, 2.05) is 54.6 Å². The highest BCUT2D eigenvalue weighted by Crippen LogP contribution is 2.48. The maximum Gasteiger partial charge on any atom is 0.307 e. The molecule has 0 spiro atoms. The average molecular weight is 307 g/mol. The molecule has 1 saturated carbocycles. The van der Waals surface area contributed by atoms with Crippen LogP contribution in [0.15, 0.2) is 54.6 Å². The topological polar surface area (TPSA) is 66.4 Å². The van der Waals surface area contributed by atoms with Gasteiger partial charge in [-0.15, -0.1) is 0 Å². The Hall–Kier alpha value is -2.62. The lowest BCUT2D eigenvalue weighted by Gasteiger charge is -2.23. The van der Waals surface area contributed by atoms with E-state index < -0.39 is 17.8 Å². The number of hydrogen-bond acceptors (Lipinski definition) is 2. The molecule has 2 aliphatic rings.